The summed E-state index contributed by atoms with van der Waals surface area (Å²) < 4.78 is 2.47. The van der Waals surface area contributed by atoms with E-state index in [-0.39, 0.29) is 0 Å². The molecule has 0 amide bonds. The van der Waals surface area contributed by atoms with Gasteiger partial charge in [-0.15, -0.1) is 0 Å². The molecule has 1 nitrogen and oxygen atoms in total. The fourth-order valence-corrected chi connectivity index (χ4v) is 5.02. The van der Waals surface area contributed by atoms with E-state index in [1.54, 1.807) is 0 Å². The number of benzene rings is 5. The molecule has 5 aromatic carbocycles. The van der Waals surface area contributed by atoms with Gasteiger partial charge in [0.2, 0.25) is 0 Å². The van der Waals surface area contributed by atoms with E-state index in [2.05, 4.69) is 133 Å². The van der Waals surface area contributed by atoms with Gasteiger partial charge in [-0.25, -0.2) is 0 Å². The van der Waals surface area contributed by atoms with E-state index in [4.69, 9.17) is 0 Å². The summed E-state index contributed by atoms with van der Waals surface area (Å²) in [6.07, 6.45) is 0. The van der Waals surface area contributed by atoms with Gasteiger partial charge in [0.15, 0.2) is 0 Å². The maximum atomic E-state index is 2.47. The lowest BCUT2D eigenvalue weighted by Crippen LogP contribution is -2.04. The molecule has 0 bridgehead atoms. The van der Waals surface area contributed by atoms with Crippen LogP contribution in [0.3, 0.4) is 0 Å². The normalized spacial score (nSPS) is 11.3. The molecular weight excluding hydrogens is 398 g/mol. The van der Waals surface area contributed by atoms with Crippen molar-refractivity contribution >= 4 is 21.5 Å². The highest BCUT2D eigenvalue weighted by Gasteiger charge is 2.18. The van der Waals surface area contributed by atoms with E-state index < -0.39 is 0 Å². The molecule has 1 aromatic heterocycles. The summed E-state index contributed by atoms with van der Waals surface area (Å²) in [6, 6.07) is 43.7. The minimum Gasteiger partial charge on any atom is -0.340 e. The third kappa shape index (κ3) is 3.43. The Morgan fingerprint density at radius 3 is 1.76 bits per heavy atom. The highest BCUT2D eigenvalue weighted by Crippen LogP contribution is 2.41. The van der Waals surface area contributed by atoms with Crippen LogP contribution in [0.4, 0.5) is 0 Å². The molecular formula is C32H25N. The van der Waals surface area contributed by atoms with Crippen LogP contribution >= 0.6 is 0 Å². The molecule has 1 heteroatoms. The van der Waals surface area contributed by atoms with Crippen LogP contribution in [0.2, 0.25) is 0 Å². The smallest absolute Gasteiger partial charge is 0.0491 e. The zero-order chi connectivity index (χ0) is 22.2. The van der Waals surface area contributed by atoms with Crippen LogP contribution in [0, 0.1) is 6.92 Å². The minimum absolute atomic E-state index is 0.847. The van der Waals surface area contributed by atoms with Gasteiger partial charge in [0.05, 0.1) is 0 Å². The molecule has 1 heterocycles. The molecule has 6 aromatic rings. The summed E-state index contributed by atoms with van der Waals surface area (Å²) in [5, 5.41) is 5.16. The van der Waals surface area contributed by atoms with Gasteiger partial charge in [-0.05, 0) is 57.3 Å². The average Bonchev–Trinajstić information content (AvgIpc) is 3.19. The van der Waals surface area contributed by atoms with Crippen molar-refractivity contribution in [3.05, 3.63) is 133 Å². The summed E-state index contributed by atoms with van der Waals surface area (Å²) in [6.45, 7) is 3.11. The summed E-state index contributed by atoms with van der Waals surface area (Å²) in [4.78, 5) is 0. The Bertz CT molecular complexity index is 1520. The van der Waals surface area contributed by atoms with E-state index >= 15 is 0 Å². The maximum absolute atomic E-state index is 2.47. The van der Waals surface area contributed by atoms with Gasteiger partial charge < -0.3 is 4.57 Å². The lowest BCUT2D eigenvalue weighted by Gasteiger charge is -2.14. The number of fused-ring (bicyclic) bond motifs is 2. The van der Waals surface area contributed by atoms with E-state index in [9.17, 15) is 0 Å². The molecule has 0 aliphatic rings. The number of rotatable bonds is 4. The zero-order valence-corrected chi connectivity index (χ0v) is 18.7. The zero-order valence-electron chi connectivity index (χ0n) is 18.7. The first kappa shape index (κ1) is 19.6. The van der Waals surface area contributed by atoms with Crippen LogP contribution in [0.5, 0.6) is 0 Å². The molecule has 0 N–H and O–H groups in total. The van der Waals surface area contributed by atoms with Crippen molar-refractivity contribution in [1.29, 1.82) is 0 Å². The van der Waals surface area contributed by atoms with Crippen LogP contribution < -0.4 is 0 Å². The molecule has 0 aliphatic heterocycles. The van der Waals surface area contributed by atoms with Gasteiger partial charge in [0.25, 0.3) is 0 Å². The summed E-state index contributed by atoms with van der Waals surface area (Å²) in [5.74, 6) is 0. The van der Waals surface area contributed by atoms with E-state index in [1.165, 1.54) is 55.2 Å². The van der Waals surface area contributed by atoms with E-state index in [0.717, 1.165) is 6.54 Å². The summed E-state index contributed by atoms with van der Waals surface area (Å²) in [7, 11) is 0. The van der Waals surface area contributed by atoms with E-state index in [1.807, 2.05) is 0 Å². The Hall–Kier alpha value is -4.10. The molecule has 0 saturated carbocycles. The van der Waals surface area contributed by atoms with Crippen LogP contribution in [-0.2, 0) is 6.54 Å². The van der Waals surface area contributed by atoms with Crippen molar-refractivity contribution < 1.29 is 0 Å². The van der Waals surface area contributed by atoms with Crippen molar-refractivity contribution in [3.8, 4) is 22.4 Å². The van der Waals surface area contributed by atoms with Gasteiger partial charge in [-0.2, -0.15) is 0 Å². The van der Waals surface area contributed by atoms with Gasteiger partial charge in [-0.1, -0.05) is 109 Å². The third-order valence-corrected chi connectivity index (χ3v) is 6.66. The molecule has 0 aliphatic carbocycles. The number of nitrogens with zero attached hydrogens (tertiary/aromatic N) is 1. The van der Waals surface area contributed by atoms with Crippen molar-refractivity contribution in [3.63, 3.8) is 0 Å². The second kappa shape index (κ2) is 8.11. The molecule has 0 unspecified atom stereocenters. The molecule has 6 rings (SSSR count). The van der Waals surface area contributed by atoms with E-state index in [0.29, 0.717) is 0 Å². The Balaban J connectivity index is 1.67. The molecule has 0 radical (unpaired) electrons. The van der Waals surface area contributed by atoms with Gasteiger partial charge in [0.1, 0.15) is 0 Å². The van der Waals surface area contributed by atoms with Gasteiger partial charge in [0, 0.05) is 23.5 Å². The molecule has 0 atom stereocenters. The van der Waals surface area contributed by atoms with Crippen molar-refractivity contribution in [2.75, 3.05) is 0 Å². The first-order valence-corrected chi connectivity index (χ1v) is 11.5. The number of hydrogen-bond donors (Lipinski definition) is 0. The fraction of sp³-hybridized carbons (Fsp3) is 0.0625. The van der Waals surface area contributed by atoms with Crippen LogP contribution in [-0.4, -0.2) is 4.57 Å². The van der Waals surface area contributed by atoms with Crippen molar-refractivity contribution in [1.82, 2.24) is 4.57 Å². The average molecular weight is 424 g/mol. The van der Waals surface area contributed by atoms with Gasteiger partial charge in [-0.3, -0.25) is 0 Å². The maximum Gasteiger partial charge on any atom is 0.0491 e. The predicted octanol–water partition coefficient (Wildman–Crippen LogP) is 8.49. The van der Waals surface area contributed by atoms with Crippen molar-refractivity contribution in [2.24, 2.45) is 0 Å². The number of hydrogen-bond acceptors (Lipinski definition) is 0. The number of aromatic nitrogens is 1. The monoisotopic (exact) mass is 423 g/mol. The lowest BCUT2D eigenvalue weighted by molar-refractivity contribution is 0.785. The van der Waals surface area contributed by atoms with Gasteiger partial charge >= 0.3 is 0 Å². The topological polar surface area (TPSA) is 4.93 Å². The first-order chi connectivity index (χ1) is 16.3. The lowest BCUT2D eigenvalue weighted by atomic mass is 9.92. The van der Waals surface area contributed by atoms with Crippen LogP contribution in [0.15, 0.2) is 121 Å². The third-order valence-electron chi connectivity index (χ3n) is 6.66. The molecule has 33 heavy (non-hydrogen) atoms. The summed E-state index contributed by atoms with van der Waals surface area (Å²) in [5.41, 5.74) is 7.72. The molecule has 0 saturated heterocycles. The van der Waals surface area contributed by atoms with Crippen LogP contribution in [0.1, 0.15) is 11.3 Å². The minimum atomic E-state index is 0.847. The second-order valence-corrected chi connectivity index (χ2v) is 8.66. The summed E-state index contributed by atoms with van der Waals surface area (Å²) >= 11 is 0. The molecule has 0 fully saturated rings. The Kier molecular flexibility index (Phi) is 4.81. The van der Waals surface area contributed by atoms with Crippen LogP contribution in [0.25, 0.3) is 43.9 Å². The Labute approximate surface area is 194 Å². The largest absolute Gasteiger partial charge is 0.340 e. The SMILES string of the molecule is Cc1c(-c2c3ccccc3cc3ccccc23)cc(-c2ccccc2)n1Cc1ccccc1. The standard InChI is InChI=1S/C32H25N/c1-23-30(32-28-18-10-8-16-26(28)20-27-17-9-11-19-29(27)32)21-31(25-14-6-3-7-15-25)33(23)22-24-12-4-2-5-13-24/h2-21H,22H2,1H3. The Morgan fingerprint density at radius 1 is 0.576 bits per heavy atom. The highest BCUT2D eigenvalue weighted by atomic mass is 15.0. The Morgan fingerprint density at radius 2 is 1.12 bits per heavy atom. The van der Waals surface area contributed by atoms with Crippen molar-refractivity contribution in [2.45, 2.75) is 13.5 Å². The predicted molar refractivity (Wildman–Crippen MR) is 141 cm³/mol. The highest BCUT2D eigenvalue weighted by molar-refractivity contribution is 6.13. The fourth-order valence-electron chi connectivity index (χ4n) is 5.02. The quantitative estimate of drug-likeness (QED) is 0.251. The first-order valence-electron chi connectivity index (χ1n) is 11.5. The molecule has 158 valence electrons. The second-order valence-electron chi connectivity index (χ2n) is 8.66. The molecule has 0 spiro atoms.